The van der Waals surface area contributed by atoms with E-state index in [0.717, 1.165) is 17.5 Å². The van der Waals surface area contributed by atoms with E-state index in [4.69, 9.17) is 9.47 Å². The fourth-order valence-corrected chi connectivity index (χ4v) is 5.49. The van der Waals surface area contributed by atoms with Crippen molar-refractivity contribution in [3.05, 3.63) is 72.3 Å². The zero-order chi connectivity index (χ0) is 23.4. The minimum atomic E-state index is -3.87. The normalized spacial score (nSPS) is 13.6. The van der Waals surface area contributed by atoms with Crippen molar-refractivity contribution in [1.29, 1.82) is 0 Å². The second-order valence-electron chi connectivity index (χ2n) is 7.56. The summed E-state index contributed by atoms with van der Waals surface area (Å²) in [6.45, 7) is 2.18. The van der Waals surface area contributed by atoms with Crippen LogP contribution in [-0.2, 0) is 21.2 Å². The molecule has 0 aliphatic carbocycles. The monoisotopic (exact) mass is 466 g/mol. The van der Waals surface area contributed by atoms with Crippen LogP contribution < -0.4 is 19.1 Å². The molecule has 0 bridgehead atoms. The molecule has 7 nitrogen and oxygen atoms in total. The Bertz CT molecular complexity index is 1270. The number of carbonyl (C=O) groups excluding carboxylic acids is 1. The minimum Gasteiger partial charge on any atom is -0.493 e. The van der Waals surface area contributed by atoms with Crippen LogP contribution in [-0.4, -0.2) is 41.1 Å². The molecule has 4 rings (SSSR count). The van der Waals surface area contributed by atoms with E-state index in [1.54, 1.807) is 43.5 Å². The molecule has 3 aromatic rings. The average Bonchev–Trinajstić information content (AvgIpc) is 2.84. The van der Waals surface area contributed by atoms with E-state index >= 15 is 0 Å². The Morgan fingerprint density at radius 1 is 0.970 bits per heavy atom. The van der Waals surface area contributed by atoms with Crippen LogP contribution >= 0.6 is 0 Å². The molecule has 0 spiro atoms. The molecule has 0 atom stereocenters. The third kappa shape index (κ3) is 4.52. The highest BCUT2D eigenvalue weighted by Crippen LogP contribution is 2.43. The molecule has 0 aromatic heterocycles. The number of sulfonamides is 1. The van der Waals surface area contributed by atoms with Crippen molar-refractivity contribution in [2.45, 2.75) is 18.2 Å². The maximum atomic E-state index is 13.3. The fraction of sp³-hybridized carbons (Fsp3) is 0.240. The van der Waals surface area contributed by atoms with Crippen LogP contribution in [0.2, 0.25) is 0 Å². The molecule has 0 fully saturated rings. The topological polar surface area (TPSA) is 84.9 Å². The summed E-state index contributed by atoms with van der Waals surface area (Å²) in [5.41, 5.74) is 3.07. The van der Waals surface area contributed by atoms with Crippen LogP contribution in [0, 0.1) is 0 Å². The van der Waals surface area contributed by atoms with Gasteiger partial charge in [-0.25, -0.2) is 8.42 Å². The maximum Gasteiger partial charge on any atom is 0.265 e. The lowest BCUT2D eigenvalue weighted by Crippen LogP contribution is -2.43. The lowest BCUT2D eigenvalue weighted by atomic mass is 9.99. The van der Waals surface area contributed by atoms with Gasteiger partial charge < -0.3 is 14.8 Å². The second kappa shape index (κ2) is 9.54. The Balaban J connectivity index is 1.49. The Kier molecular flexibility index (Phi) is 6.55. The molecule has 0 radical (unpaired) electrons. The number of hydrogen-bond donors (Lipinski definition) is 1. The summed E-state index contributed by atoms with van der Waals surface area (Å²) >= 11 is 0. The predicted molar refractivity (Wildman–Crippen MR) is 127 cm³/mol. The fourth-order valence-electron chi connectivity index (χ4n) is 3.84. The van der Waals surface area contributed by atoms with Crippen LogP contribution in [0.25, 0.3) is 11.1 Å². The first kappa shape index (κ1) is 22.7. The number of nitrogens with zero attached hydrogens (tertiary/aromatic N) is 1. The van der Waals surface area contributed by atoms with Gasteiger partial charge in [0.1, 0.15) is 13.2 Å². The largest absolute Gasteiger partial charge is 0.493 e. The molecule has 172 valence electrons. The summed E-state index contributed by atoms with van der Waals surface area (Å²) in [7, 11) is -2.31. The van der Waals surface area contributed by atoms with E-state index in [2.05, 4.69) is 5.32 Å². The number of benzene rings is 3. The van der Waals surface area contributed by atoms with E-state index in [1.165, 1.54) is 4.31 Å². The van der Waals surface area contributed by atoms with Gasteiger partial charge in [-0.15, -0.1) is 0 Å². The Hall–Kier alpha value is -3.52. The molecular formula is C25H26N2O5S. The van der Waals surface area contributed by atoms with Gasteiger partial charge >= 0.3 is 0 Å². The first-order chi connectivity index (χ1) is 16.0. The summed E-state index contributed by atoms with van der Waals surface area (Å²) in [6.07, 6.45) is 0.828. The number of para-hydroxylation sites is 2. The second-order valence-corrected chi connectivity index (χ2v) is 9.39. The molecule has 8 heteroatoms. The third-order valence-corrected chi connectivity index (χ3v) is 7.34. The van der Waals surface area contributed by atoms with Crippen LogP contribution in [0.15, 0.2) is 71.6 Å². The predicted octanol–water partition coefficient (Wildman–Crippen LogP) is 3.63. The molecule has 0 unspecified atom stereocenters. The van der Waals surface area contributed by atoms with Crippen LogP contribution in [0.5, 0.6) is 11.5 Å². The summed E-state index contributed by atoms with van der Waals surface area (Å²) < 4.78 is 38.8. The summed E-state index contributed by atoms with van der Waals surface area (Å²) in [5, 5.41) is 2.74. The number of nitrogens with one attached hydrogen (secondary N) is 1. The number of amides is 1. The smallest absolute Gasteiger partial charge is 0.265 e. The van der Waals surface area contributed by atoms with Crippen LogP contribution in [0.1, 0.15) is 12.5 Å². The van der Waals surface area contributed by atoms with Gasteiger partial charge in [0, 0.05) is 11.1 Å². The molecule has 3 aromatic carbocycles. The van der Waals surface area contributed by atoms with E-state index in [0.29, 0.717) is 22.7 Å². The van der Waals surface area contributed by atoms with Gasteiger partial charge in [-0.1, -0.05) is 43.3 Å². The van der Waals surface area contributed by atoms with Crippen molar-refractivity contribution in [3.8, 4) is 22.6 Å². The van der Waals surface area contributed by atoms with E-state index in [1.807, 2.05) is 37.3 Å². The van der Waals surface area contributed by atoms with Crippen molar-refractivity contribution in [3.63, 3.8) is 0 Å². The molecule has 1 aliphatic rings. The van der Waals surface area contributed by atoms with Crippen molar-refractivity contribution >= 4 is 21.6 Å². The SMILES string of the molecule is CCc1ccc2c(c1)-c1ccccc1S(=O)(=O)N2CC(=O)NCCOc1ccccc1OC. The number of methoxy groups -OCH3 is 1. The van der Waals surface area contributed by atoms with Gasteiger partial charge in [0.05, 0.1) is 24.2 Å². The quantitative estimate of drug-likeness (QED) is 0.513. The van der Waals surface area contributed by atoms with Crippen molar-refractivity contribution < 1.29 is 22.7 Å². The molecule has 33 heavy (non-hydrogen) atoms. The highest BCUT2D eigenvalue weighted by atomic mass is 32.2. The average molecular weight is 467 g/mol. The molecular weight excluding hydrogens is 440 g/mol. The number of ether oxygens (including phenoxy) is 2. The third-order valence-electron chi connectivity index (χ3n) is 5.52. The first-order valence-electron chi connectivity index (χ1n) is 10.7. The number of aryl methyl sites for hydroxylation is 1. The van der Waals surface area contributed by atoms with E-state index in [9.17, 15) is 13.2 Å². The summed E-state index contributed by atoms with van der Waals surface area (Å²) in [6, 6.07) is 19.8. The first-order valence-corrected chi connectivity index (χ1v) is 12.2. The number of carbonyl (C=O) groups is 1. The van der Waals surface area contributed by atoms with Crippen LogP contribution in [0.3, 0.4) is 0 Å². The van der Waals surface area contributed by atoms with E-state index < -0.39 is 15.9 Å². The minimum absolute atomic E-state index is 0.207. The van der Waals surface area contributed by atoms with Crippen molar-refractivity contribution in [2.75, 3.05) is 31.1 Å². The van der Waals surface area contributed by atoms with Crippen molar-refractivity contribution in [1.82, 2.24) is 5.32 Å². The van der Waals surface area contributed by atoms with Crippen LogP contribution in [0.4, 0.5) is 5.69 Å². The zero-order valence-electron chi connectivity index (χ0n) is 18.6. The van der Waals surface area contributed by atoms with Gasteiger partial charge in [0.2, 0.25) is 5.91 Å². The Morgan fingerprint density at radius 2 is 1.70 bits per heavy atom. The summed E-state index contributed by atoms with van der Waals surface area (Å²) in [4.78, 5) is 12.9. The van der Waals surface area contributed by atoms with Gasteiger partial charge in [-0.05, 0) is 42.3 Å². The van der Waals surface area contributed by atoms with Gasteiger partial charge in [-0.2, -0.15) is 0 Å². The number of fused-ring (bicyclic) bond motifs is 3. The standard InChI is InChI=1S/C25H26N2O5S/c1-3-18-12-13-21-20(16-18)19-8-4-7-11-24(19)33(29,30)27(21)17-25(28)26-14-15-32-23-10-6-5-9-22(23)31-2/h4-13,16H,3,14-15,17H2,1-2H3,(H,26,28). The lowest BCUT2D eigenvalue weighted by Gasteiger charge is -2.32. The highest BCUT2D eigenvalue weighted by Gasteiger charge is 2.35. The molecule has 1 heterocycles. The van der Waals surface area contributed by atoms with E-state index in [-0.39, 0.29) is 24.6 Å². The molecule has 1 amide bonds. The lowest BCUT2D eigenvalue weighted by molar-refractivity contribution is -0.119. The zero-order valence-corrected chi connectivity index (χ0v) is 19.4. The molecule has 0 saturated heterocycles. The molecule has 0 saturated carbocycles. The molecule has 1 aliphatic heterocycles. The van der Waals surface area contributed by atoms with Gasteiger partial charge in [-0.3, -0.25) is 9.10 Å². The Labute approximate surface area is 194 Å². The van der Waals surface area contributed by atoms with Gasteiger partial charge in [0.25, 0.3) is 10.0 Å². The van der Waals surface area contributed by atoms with Gasteiger partial charge in [0.15, 0.2) is 11.5 Å². The highest BCUT2D eigenvalue weighted by molar-refractivity contribution is 7.93. The summed E-state index contributed by atoms with van der Waals surface area (Å²) in [5.74, 6) is 0.766. The Morgan fingerprint density at radius 3 is 2.45 bits per heavy atom. The maximum absolute atomic E-state index is 13.3. The number of anilines is 1. The number of rotatable bonds is 8. The number of hydrogen-bond acceptors (Lipinski definition) is 5. The molecule has 1 N–H and O–H groups in total. The van der Waals surface area contributed by atoms with Crippen molar-refractivity contribution in [2.24, 2.45) is 0 Å².